The van der Waals surface area contributed by atoms with Crippen LogP contribution in [0.2, 0.25) is 0 Å². The Kier molecular flexibility index (Phi) is 16.8. The summed E-state index contributed by atoms with van der Waals surface area (Å²) in [7, 11) is 0. The summed E-state index contributed by atoms with van der Waals surface area (Å²) in [4.78, 5) is 0. The summed E-state index contributed by atoms with van der Waals surface area (Å²) < 4.78 is 33.4. The Bertz CT molecular complexity index is 241. The Labute approximate surface area is 154 Å². The van der Waals surface area contributed by atoms with E-state index in [1.807, 2.05) is 0 Å². The average Bonchev–Trinajstić information content (AvgIpc) is 2.60. The van der Waals surface area contributed by atoms with E-state index in [0.717, 1.165) is 18.4 Å². The second-order valence-corrected chi connectivity index (χ2v) is 6.38. The molecule has 7 heteroatoms. The topological polar surface area (TPSA) is 55.4 Å². The second-order valence-electron chi connectivity index (χ2n) is 5.58. The fraction of sp³-hybridized carbons (Fsp3) is 1.00. The van der Waals surface area contributed by atoms with Crippen LogP contribution in [0.5, 0.6) is 0 Å². The Morgan fingerprint density at radius 1 is 0.708 bits per heavy atom. The molecule has 1 fully saturated rings. The molecule has 0 saturated carbocycles. The number of hydrogen-bond acceptors (Lipinski definition) is 6. The van der Waals surface area contributed by atoms with Crippen molar-refractivity contribution >= 4 is 15.9 Å². The van der Waals surface area contributed by atoms with E-state index < -0.39 is 0 Å². The minimum atomic E-state index is -0.0579. The first-order chi connectivity index (χ1) is 11.9. The molecule has 1 aliphatic rings. The zero-order valence-electron chi connectivity index (χ0n) is 14.7. The van der Waals surface area contributed by atoms with Crippen LogP contribution in [0, 0.1) is 0 Å². The molecule has 1 unspecified atom stereocenters. The van der Waals surface area contributed by atoms with Crippen LogP contribution in [0.15, 0.2) is 0 Å². The van der Waals surface area contributed by atoms with E-state index >= 15 is 0 Å². The van der Waals surface area contributed by atoms with Gasteiger partial charge in [0, 0.05) is 11.9 Å². The first-order valence-electron chi connectivity index (χ1n) is 8.99. The van der Waals surface area contributed by atoms with Gasteiger partial charge >= 0.3 is 0 Å². The number of hydrogen-bond donors (Lipinski definition) is 0. The summed E-state index contributed by atoms with van der Waals surface area (Å²) in [5, 5.41) is 1.08. The molecule has 0 amide bonds. The lowest BCUT2D eigenvalue weighted by molar-refractivity contribution is -0.0778. The van der Waals surface area contributed by atoms with Crippen LogP contribution < -0.4 is 0 Å². The van der Waals surface area contributed by atoms with Gasteiger partial charge in [0.05, 0.1) is 66.1 Å². The van der Waals surface area contributed by atoms with E-state index in [0.29, 0.717) is 66.1 Å². The third kappa shape index (κ3) is 14.6. The SMILES string of the molecule is BrCCCCCCOCC1COCCOCCOCCOCCO1. The summed E-state index contributed by atoms with van der Waals surface area (Å²) in [5.74, 6) is 0. The molecule has 0 spiro atoms. The Hall–Kier alpha value is 0.240. The van der Waals surface area contributed by atoms with Crippen molar-refractivity contribution < 1.29 is 28.4 Å². The van der Waals surface area contributed by atoms with Crippen molar-refractivity contribution in [3.8, 4) is 0 Å². The van der Waals surface area contributed by atoms with Crippen molar-refractivity contribution in [1.29, 1.82) is 0 Å². The molecule has 1 saturated heterocycles. The fourth-order valence-corrected chi connectivity index (χ4v) is 2.56. The maximum absolute atomic E-state index is 5.80. The smallest absolute Gasteiger partial charge is 0.104 e. The maximum Gasteiger partial charge on any atom is 0.104 e. The predicted octanol–water partition coefficient (Wildman–Crippen LogP) is 2.42. The lowest BCUT2D eigenvalue weighted by Crippen LogP contribution is -2.28. The first-order valence-corrected chi connectivity index (χ1v) is 10.1. The Morgan fingerprint density at radius 2 is 1.29 bits per heavy atom. The molecule has 1 aliphatic heterocycles. The van der Waals surface area contributed by atoms with E-state index in [2.05, 4.69) is 15.9 Å². The third-order valence-corrected chi connectivity index (χ3v) is 4.04. The second kappa shape index (κ2) is 18.0. The molecule has 0 aliphatic carbocycles. The van der Waals surface area contributed by atoms with Gasteiger partial charge in [-0.1, -0.05) is 28.8 Å². The molecule has 1 atom stereocenters. The molecular weight excluding hydrogens is 380 g/mol. The van der Waals surface area contributed by atoms with Crippen molar-refractivity contribution in [3.63, 3.8) is 0 Å². The van der Waals surface area contributed by atoms with E-state index in [9.17, 15) is 0 Å². The van der Waals surface area contributed by atoms with Crippen LogP contribution in [0.1, 0.15) is 25.7 Å². The van der Waals surface area contributed by atoms with Gasteiger partial charge in [-0.3, -0.25) is 0 Å². The van der Waals surface area contributed by atoms with Crippen molar-refractivity contribution in [3.05, 3.63) is 0 Å². The van der Waals surface area contributed by atoms with Crippen LogP contribution in [0.3, 0.4) is 0 Å². The van der Waals surface area contributed by atoms with Gasteiger partial charge in [-0.25, -0.2) is 0 Å². The van der Waals surface area contributed by atoms with Crippen LogP contribution >= 0.6 is 15.9 Å². The van der Waals surface area contributed by atoms with E-state index in [4.69, 9.17) is 28.4 Å². The normalized spacial score (nSPS) is 22.6. The van der Waals surface area contributed by atoms with E-state index in [1.54, 1.807) is 0 Å². The minimum Gasteiger partial charge on any atom is -0.379 e. The molecule has 1 rings (SSSR count). The standard InChI is InChI=1S/C17H33BrO6/c18-5-3-1-2-4-6-22-15-17-16-23-12-11-20-8-7-19-9-10-21-13-14-24-17/h17H,1-16H2. The number of ether oxygens (including phenoxy) is 6. The zero-order valence-corrected chi connectivity index (χ0v) is 16.3. The minimum absolute atomic E-state index is 0.0579. The summed E-state index contributed by atoms with van der Waals surface area (Å²) in [6.45, 7) is 6.42. The molecule has 144 valence electrons. The molecule has 0 aromatic heterocycles. The van der Waals surface area contributed by atoms with Crippen LogP contribution in [-0.2, 0) is 28.4 Å². The lowest BCUT2D eigenvalue weighted by Gasteiger charge is -2.18. The van der Waals surface area contributed by atoms with Crippen LogP contribution in [0.4, 0.5) is 0 Å². The number of alkyl halides is 1. The van der Waals surface area contributed by atoms with E-state index in [-0.39, 0.29) is 6.10 Å². The quantitative estimate of drug-likeness (QED) is 0.450. The summed E-state index contributed by atoms with van der Waals surface area (Å²) in [6.07, 6.45) is 4.72. The highest BCUT2D eigenvalue weighted by atomic mass is 79.9. The molecule has 0 radical (unpaired) electrons. The molecular formula is C17H33BrO6. The molecule has 1 heterocycles. The Balaban J connectivity index is 2.13. The summed E-state index contributed by atoms with van der Waals surface area (Å²) in [5.41, 5.74) is 0. The van der Waals surface area contributed by atoms with Gasteiger partial charge in [-0.05, 0) is 12.8 Å². The van der Waals surface area contributed by atoms with Crippen LogP contribution in [0.25, 0.3) is 0 Å². The average molecular weight is 413 g/mol. The highest BCUT2D eigenvalue weighted by Gasteiger charge is 2.10. The highest BCUT2D eigenvalue weighted by molar-refractivity contribution is 9.09. The zero-order chi connectivity index (χ0) is 17.1. The van der Waals surface area contributed by atoms with Gasteiger partial charge in [-0.2, -0.15) is 0 Å². The molecule has 0 N–H and O–H groups in total. The number of unbranched alkanes of at least 4 members (excludes halogenated alkanes) is 3. The molecule has 0 aromatic rings. The summed E-state index contributed by atoms with van der Waals surface area (Å²) in [6, 6.07) is 0. The first kappa shape index (κ1) is 22.3. The highest BCUT2D eigenvalue weighted by Crippen LogP contribution is 2.03. The molecule has 6 nitrogen and oxygen atoms in total. The van der Waals surface area contributed by atoms with Gasteiger partial charge in [-0.15, -0.1) is 0 Å². The lowest BCUT2D eigenvalue weighted by atomic mass is 10.2. The van der Waals surface area contributed by atoms with Gasteiger partial charge in [0.25, 0.3) is 0 Å². The molecule has 0 aromatic carbocycles. The molecule has 0 bridgehead atoms. The van der Waals surface area contributed by atoms with Crippen molar-refractivity contribution in [2.45, 2.75) is 31.8 Å². The maximum atomic E-state index is 5.80. The fourth-order valence-electron chi connectivity index (χ4n) is 2.16. The van der Waals surface area contributed by atoms with Gasteiger partial charge in [0.2, 0.25) is 0 Å². The number of halogens is 1. The van der Waals surface area contributed by atoms with Crippen LogP contribution in [-0.4, -0.2) is 84.1 Å². The van der Waals surface area contributed by atoms with Gasteiger partial charge in [0.15, 0.2) is 0 Å². The van der Waals surface area contributed by atoms with Crippen molar-refractivity contribution in [2.24, 2.45) is 0 Å². The molecule has 24 heavy (non-hydrogen) atoms. The Morgan fingerprint density at radius 3 is 1.96 bits per heavy atom. The van der Waals surface area contributed by atoms with Crippen molar-refractivity contribution in [1.82, 2.24) is 0 Å². The largest absolute Gasteiger partial charge is 0.379 e. The third-order valence-electron chi connectivity index (χ3n) is 3.48. The van der Waals surface area contributed by atoms with Crippen molar-refractivity contribution in [2.75, 3.05) is 78.0 Å². The number of rotatable bonds is 8. The summed E-state index contributed by atoms with van der Waals surface area (Å²) >= 11 is 3.45. The predicted molar refractivity (Wildman–Crippen MR) is 96.1 cm³/mol. The van der Waals surface area contributed by atoms with Gasteiger partial charge in [0.1, 0.15) is 6.10 Å². The van der Waals surface area contributed by atoms with E-state index in [1.165, 1.54) is 19.3 Å². The van der Waals surface area contributed by atoms with Gasteiger partial charge < -0.3 is 28.4 Å². The monoisotopic (exact) mass is 412 g/mol.